The van der Waals surface area contributed by atoms with Gasteiger partial charge in [-0.05, 0) is 37.0 Å². The predicted octanol–water partition coefficient (Wildman–Crippen LogP) is 4.79. The van der Waals surface area contributed by atoms with Crippen LogP contribution in [0, 0.1) is 5.82 Å². The number of hydrogen-bond acceptors (Lipinski definition) is 4. The van der Waals surface area contributed by atoms with E-state index in [1.165, 1.54) is 12.5 Å². The molecule has 0 radical (unpaired) electrons. The molecule has 1 aliphatic rings. The Morgan fingerprint density at radius 2 is 1.85 bits per heavy atom. The van der Waals surface area contributed by atoms with E-state index in [0.717, 1.165) is 35.9 Å². The van der Waals surface area contributed by atoms with Crippen molar-refractivity contribution in [3.05, 3.63) is 66.0 Å². The van der Waals surface area contributed by atoms with Gasteiger partial charge >= 0.3 is 0 Å². The Bertz CT molecular complexity index is 878. The van der Waals surface area contributed by atoms with Gasteiger partial charge < -0.3 is 4.74 Å². The first kappa shape index (κ1) is 18.2. The van der Waals surface area contributed by atoms with Crippen LogP contribution in [0.15, 0.2) is 59.8 Å². The smallest absolute Gasteiger partial charge is 0.191 e. The number of aromatic nitrogens is 3. The van der Waals surface area contributed by atoms with E-state index in [9.17, 15) is 4.39 Å². The Labute approximate surface area is 162 Å². The molecule has 6 heteroatoms. The average molecular weight is 383 g/mol. The van der Waals surface area contributed by atoms with Gasteiger partial charge in [-0.1, -0.05) is 54.2 Å². The Morgan fingerprint density at radius 3 is 2.63 bits per heavy atom. The largest absolute Gasteiger partial charge is 0.377 e. The minimum Gasteiger partial charge on any atom is -0.377 e. The normalized spacial score (nSPS) is 17.1. The maximum absolute atomic E-state index is 14.4. The van der Waals surface area contributed by atoms with Crippen molar-refractivity contribution in [1.29, 1.82) is 0 Å². The summed E-state index contributed by atoms with van der Waals surface area (Å²) in [6, 6.07) is 16.8. The van der Waals surface area contributed by atoms with Crippen molar-refractivity contribution in [3.8, 4) is 11.4 Å². The Morgan fingerprint density at radius 1 is 1.04 bits per heavy atom. The molecule has 0 amide bonds. The molecule has 2 heterocycles. The van der Waals surface area contributed by atoms with Gasteiger partial charge in [0.2, 0.25) is 0 Å². The summed E-state index contributed by atoms with van der Waals surface area (Å²) in [5.74, 6) is 1.11. The van der Waals surface area contributed by atoms with E-state index in [4.69, 9.17) is 4.74 Å². The topological polar surface area (TPSA) is 39.9 Å². The van der Waals surface area contributed by atoms with Crippen molar-refractivity contribution < 1.29 is 9.13 Å². The molecule has 1 aliphatic heterocycles. The summed E-state index contributed by atoms with van der Waals surface area (Å²) in [6.07, 6.45) is 3.69. The molecule has 0 spiro atoms. The van der Waals surface area contributed by atoms with E-state index >= 15 is 0 Å². The zero-order valence-electron chi connectivity index (χ0n) is 15.1. The van der Waals surface area contributed by atoms with Crippen LogP contribution in [0.5, 0.6) is 0 Å². The minimum absolute atomic E-state index is 0.252. The van der Waals surface area contributed by atoms with Crippen molar-refractivity contribution in [2.45, 2.75) is 37.1 Å². The zero-order chi connectivity index (χ0) is 18.5. The molecule has 1 unspecified atom stereocenters. The molecule has 0 saturated carbocycles. The molecule has 2 aromatic carbocycles. The molecule has 4 rings (SSSR count). The molecular formula is C21H22FN3OS. The molecule has 4 nitrogen and oxygen atoms in total. The lowest BCUT2D eigenvalue weighted by atomic mass is 10.1. The summed E-state index contributed by atoms with van der Waals surface area (Å²) in [5.41, 5.74) is 1.60. The predicted molar refractivity (Wildman–Crippen MR) is 105 cm³/mol. The van der Waals surface area contributed by atoms with Gasteiger partial charge in [-0.2, -0.15) is 0 Å². The average Bonchev–Trinajstić information content (AvgIpc) is 3.10. The van der Waals surface area contributed by atoms with Gasteiger partial charge in [-0.3, -0.25) is 4.57 Å². The van der Waals surface area contributed by atoms with Crippen LogP contribution >= 0.6 is 11.8 Å². The number of ether oxygens (including phenoxy) is 1. The second-order valence-electron chi connectivity index (χ2n) is 6.66. The monoisotopic (exact) mass is 383 g/mol. The third kappa shape index (κ3) is 4.39. The maximum Gasteiger partial charge on any atom is 0.191 e. The summed E-state index contributed by atoms with van der Waals surface area (Å²) in [7, 11) is 0. The fraction of sp³-hybridized carbons (Fsp3) is 0.333. The summed E-state index contributed by atoms with van der Waals surface area (Å²) in [5, 5.41) is 9.48. The van der Waals surface area contributed by atoms with E-state index in [-0.39, 0.29) is 11.9 Å². The van der Waals surface area contributed by atoms with Crippen molar-refractivity contribution >= 4 is 11.8 Å². The molecule has 0 aliphatic carbocycles. The Hall–Kier alpha value is -2.18. The molecule has 27 heavy (non-hydrogen) atoms. The molecule has 3 aromatic rings. The van der Waals surface area contributed by atoms with Crippen LogP contribution in [-0.4, -0.2) is 33.2 Å². The summed E-state index contributed by atoms with van der Waals surface area (Å²) in [4.78, 5) is 0. The van der Waals surface area contributed by atoms with Crippen LogP contribution in [0.25, 0.3) is 11.4 Å². The quantitative estimate of drug-likeness (QED) is 0.574. The van der Waals surface area contributed by atoms with E-state index in [1.54, 1.807) is 23.9 Å². The van der Waals surface area contributed by atoms with Gasteiger partial charge in [0.05, 0.1) is 18.2 Å². The van der Waals surface area contributed by atoms with Gasteiger partial charge in [-0.25, -0.2) is 4.39 Å². The molecular weight excluding hydrogens is 361 g/mol. The SMILES string of the molecule is Fc1ccccc1-c1nnc(SCC2CCCCO2)n1Cc1ccccc1. The van der Waals surface area contributed by atoms with Crippen LogP contribution in [0.2, 0.25) is 0 Å². The van der Waals surface area contributed by atoms with E-state index < -0.39 is 0 Å². The lowest BCUT2D eigenvalue weighted by Crippen LogP contribution is -2.21. The highest BCUT2D eigenvalue weighted by Gasteiger charge is 2.20. The van der Waals surface area contributed by atoms with E-state index in [2.05, 4.69) is 22.3 Å². The van der Waals surface area contributed by atoms with Crippen LogP contribution in [0.4, 0.5) is 4.39 Å². The molecule has 1 saturated heterocycles. The first-order valence-electron chi connectivity index (χ1n) is 9.27. The molecule has 0 bridgehead atoms. The molecule has 0 N–H and O–H groups in total. The third-order valence-corrected chi connectivity index (χ3v) is 5.79. The molecule has 1 aromatic heterocycles. The first-order valence-corrected chi connectivity index (χ1v) is 10.3. The van der Waals surface area contributed by atoms with Crippen LogP contribution in [-0.2, 0) is 11.3 Å². The number of benzene rings is 2. The summed E-state index contributed by atoms with van der Waals surface area (Å²) >= 11 is 1.64. The fourth-order valence-corrected chi connectivity index (χ4v) is 4.26. The third-order valence-electron chi connectivity index (χ3n) is 4.69. The van der Waals surface area contributed by atoms with Gasteiger partial charge in [0.1, 0.15) is 5.82 Å². The Balaban J connectivity index is 1.63. The minimum atomic E-state index is -0.286. The van der Waals surface area contributed by atoms with Gasteiger partial charge in [0.25, 0.3) is 0 Å². The number of halogens is 1. The van der Waals surface area contributed by atoms with Crippen LogP contribution < -0.4 is 0 Å². The summed E-state index contributed by atoms with van der Waals surface area (Å²) < 4.78 is 22.2. The van der Waals surface area contributed by atoms with Crippen LogP contribution in [0.3, 0.4) is 0 Å². The first-order chi connectivity index (χ1) is 13.3. The van der Waals surface area contributed by atoms with Gasteiger partial charge in [-0.15, -0.1) is 10.2 Å². The highest BCUT2D eigenvalue weighted by molar-refractivity contribution is 7.99. The lowest BCUT2D eigenvalue weighted by molar-refractivity contribution is 0.0315. The Kier molecular flexibility index (Phi) is 5.84. The van der Waals surface area contributed by atoms with E-state index in [0.29, 0.717) is 17.9 Å². The number of thioether (sulfide) groups is 1. The number of rotatable bonds is 6. The second-order valence-corrected chi connectivity index (χ2v) is 7.64. The molecule has 1 atom stereocenters. The van der Waals surface area contributed by atoms with Gasteiger partial charge in [0, 0.05) is 12.4 Å². The fourth-order valence-electron chi connectivity index (χ4n) is 3.25. The van der Waals surface area contributed by atoms with Crippen molar-refractivity contribution in [1.82, 2.24) is 14.8 Å². The van der Waals surface area contributed by atoms with Gasteiger partial charge in [0.15, 0.2) is 11.0 Å². The van der Waals surface area contributed by atoms with Crippen molar-refractivity contribution in [2.24, 2.45) is 0 Å². The van der Waals surface area contributed by atoms with Crippen molar-refractivity contribution in [3.63, 3.8) is 0 Å². The number of hydrogen-bond donors (Lipinski definition) is 0. The standard InChI is InChI=1S/C21H22FN3OS/c22-19-12-5-4-11-18(19)20-23-24-21(27-15-17-10-6-7-13-26-17)25(20)14-16-8-2-1-3-9-16/h1-5,8-9,11-12,17H,6-7,10,13-15H2. The lowest BCUT2D eigenvalue weighted by Gasteiger charge is -2.22. The highest BCUT2D eigenvalue weighted by atomic mass is 32.2. The van der Waals surface area contributed by atoms with E-state index in [1.807, 2.05) is 28.8 Å². The second kappa shape index (κ2) is 8.67. The zero-order valence-corrected chi connectivity index (χ0v) is 15.9. The summed E-state index contributed by atoms with van der Waals surface area (Å²) in [6.45, 7) is 1.44. The molecule has 140 valence electrons. The highest BCUT2D eigenvalue weighted by Crippen LogP contribution is 2.28. The van der Waals surface area contributed by atoms with Crippen molar-refractivity contribution in [2.75, 3.05) is 12.4 Å². The molecule has 1 fully saturated rings. The maximum atomic E-state index is 14.4. The van der Waals surface area contributed by atoms with Crippen LogP contribution in [0.1, 0.15) is 24.8 Å². The number of nitrogens with zero attached hydrogens (tertiary/aromatic N) is 3.